The number of fused-ring (bicyclic) bond motifs is 1. The molecule has 0 unspecified atom stereocenters. The Morgan fingerprint density at radius 1 is 1.05 bits per heavy atom. The Labute approximate surface area is 215 Å². The quantitative estimate of drug-likeness (QED) is 0.237. The third kappa shape index (κ3) is 5.39. The van der Waals surface area contributed by atoms with Crippen molar-refractivity contribution in [1.29, 1.82) is 0 Å². The summed E-state index contributed by atoms with van der Waals surface area (Å²) >= 11 is 0. The third-order valence-electron chi connectivity index (χ3n) is 7.13. The van der Waals surface area contributed by atoms with Gasteiger partial charge in [0.1, 0.15) is 18.0 Å². The fourth-order valence-electron chi connectivity index (χ4n) is 4.90. The molecule has 1 saturated heterocycles. The molecule has 4 aromatic rings. The van der Waals surface area contributed by atoms with E-state index in [0.29, 0.717) is 29.5 Å². The van der Waals surface area contributed by atoms with E-state index < -0.39 is 11.6 Å². The highest BCUT2D eigenvalue weighted by molar-refractivity contribution is 6.11. The number of benzene rings is 1. The van der Waals surface area contributed by atoms with Crippen molar-refractivity contribution in [2.75, 3.05) is 19.7 Å². The molecule has 0 spiro atoms. The molecule has 0 amide bonds. The first-order valence-corrected chi connectivity index (χ1v) is 12.7. The van der Waals surface area contributed by atoms with Crippen LogP contribution in [0.3, 0.4) is 0 Å². The molecule has 1 aliphatic rings. The number of rotatable bonds is 7. The molecule has 0 bridgehead atoms. The van der Waals surface area contributed by atoms with Gasteiger partial charge in [0, 0.05) is 30.2 Å². The van der Waals surface area contributed by atoms with Crippen molar-refractivity contribution in [2.45, 2.75) is 46.1 Å². The highest BCUT2D eigenvalue weighted by atomic mass is 19.2. The number of halogens is 2. The lowest BCUT2D eigenvalue weighted by molar-refractivity contribution is 0.159. The fraction of sp³-hybridized carbons (Fsp3) is 0.345. The van der Waals surface area contributed by atoms with Crippen LogP contribution in [0.1, 0.15) is 59.5 Å². The van der Waals surface area contributed by atoms with Crippen molar-refractivity contribution in [1.82, 2.24) is 19.3 Å². The molecular formula is C29H31F2N5O. The van der Waals surface area contributed by atoms with Crippen LogP contribution in [0.5, 0.6) is 0 Å². The predicted octanol–water partition coefficient (Wildman–Crippen LogP) is 5.79. The molecule has 5 rings (SSSR count). The van der Waals surface area contributed by atoms with Crippen LogP contribution in [-0.4, -0.2) is 44.7 Å². The fourth-order valence-corrected chi connectivity index (χ4v) is 4.90. The minimum Gasteiger partial charge on any atom is -0.396 e. The van der Waals surface area contributed by atoms with Crippen LogP contribution < -0.4 is 0 Å². The van der Waals surface area contributed by atoms with Gasteiger partial charge in [-0.15, -0.1) is 0 Å². The van der Waals surface area contributed by atoms with Crippen LogP contribution in [0.15, 0.2) is 60.0 Å². The van der Waals surface area contributed by atoms with E-state index in [1.807, 2.05) is 25.3 Å². The molecule has 1 fully saturated rings. The molecule has 1 aliphatic heterocycles. The number of nitrogens with zero attached hydrogens (tertiary/aromatic N) is 5. The molecule has 0 aliphatic carbocycles. The molecule has 37 heavy (non-hydrogen) atoms. The number of aromatic nitrogens is 3. The third-order valence-corrected chi connectivity index (χ3v) is 7.13. The van der Waals surface area contributed by atoms with Crippen LogP contribution in [0.2, 0.25) is 0 Å². The SMILES string of the molecule is CCON=C(c1ccc(F)c(F)c1)c1ccc(CN2CCC(c3ccc4nc(C)c(C)n4c3)CC2)cn1. The molecule has 0 radical (unpaired) electrons. The first-order valence-electron chi connectivity index (χ1n) is 12.7. The lowest BCUT2D eigenvalue weighted by Crippen LogP contribution is -2.32. The van der Waals surface area contributed by atoms with Gasteiger partial charge in [-0.05, 0) is 94.1 Å². The molecule has 6 nitrogen and oxygen atoms in total. The Morgan fingerprint density at radius 2 is 1.86 bits per heavy atom. The summed E-state index contributed by atoms with van der Waals surface area (Å²) in [7, 11) is 0. The summed E-state index contributed by atoms with van der Waals surface area (Å²) in [6, 6.07) is 11.9. The number of pyridine rings is 2. The maximum atomic E-state index is 13.8. The number of likely N-dealkylation sites (tertiary alicyclic amines) is 1. The molecule has 8 heteroatoms. The van der Waals surface area contributed by atoms with Gasteiger partial charge in [0.2, 0.25) is 0 Å². The van der Waals surface area contributed by atoms with Gasteiger partial charge in [-0.25, -0.2) is 13.8 Å². The Morgan fingerprint density at radius 3 is 2.57 bits per heavy atom. The molecule has 0 saturated carbocycles. The van der Waals surface area contributed by atoms with Crippen molar-refractivity contribution < 1.29 is 13.6 Å². The smallest absolute Gasteiger partial charge is 0.159 e. The lowest BCUT2D eigenvalue weighted by atomic mass is 9.90. The van der Waals surface area contributed by atoms with Gasteiger partial charge in [0.25, 0.3) is 0 Å². The number of piperidine rings is 1. The van der Waals surface area contributed by atoms with E-state index in [1.165, 1.54) is 17.3 Å². The topological polar surface area (TPSA) is 55.0 Å². The maximum Gasteiger partial charge on any atom is 0.159 e. The van der Waals surface area contributed by atoms with Gasteiger partial charge in [0.15, 0.2) is 11.6 Å². The summed E-state index contributed by atoms with van der Waals surface area (Å²) < 4.78 is 29.4. The largest absolute Gasteiger partial charge is 0.396 e. The number of hydrogen-bond acceptors (Lipinski definition) is 5. The number of hydrogen-bond donors (Lipinski definition) is 0. The van der Waals surface area contributed by atoms with E-state index in [-0.39, 0.29) is 0 Å². The zero-order valence-electron chi connectivity index (χ0n) is 21.4. The monoisotopic (exact) mass is 503 g/mol. The van der Waals surface area contributed by atoms with E-state index >= 15 is 0 Å². The number of aryl methyl sites for hydroxylation is 2. The molecule has 192 valence electrons. The molecule has 0 atom stereocenters. The van der Waals surface area contributed by atoms with Gasteiger partial charge < -0.3 is 9.24 Å². The highest BCUT2D eigenvalue weighted by Crippen LogP contribution is 2.29. The second kappa shape index (κ2) is 10.8. The second-order valence-corrected chi connectivity index (χ2v) is 9.56. The molecular weight excluding hydrogens is 472 g/mol. The summed E-state index contributed by atoms with van der Waals surface area (Å²) in [5.74, 6) is -1.30. The highest BCUT2D eigenvalue weighted by Gasteiger charge is 2.22. The summed E-state index contributed by atoms with van der Waals surface area (Å²) in [5.41, 5.74) is 7.07. The number of imidazole rings is 1. The minimum absolute atomic E-state index is 0.358. The lowest BCUT2D eigenvalue weighted by Gasteiger charge is -2.32. The van der Waals surface area contributed by atoms with E-state index in [1.54, 1.807) is 0 Å². The van der Waals surface area contributed by atoms with Crippen molar-refractivity contribution in [3.63, 3.8) is 0 Å². The zero-order chi connectivity index (χ0) is 25.9. The van der Waals surface area contributed by atoms with E-state index in [4.69, 9.17) is 4.84 Å². The van der Waals surface area contributed by atoms with Gasteiger partial charge >= 0.3 is 0 Å². The van der Waals surface area contributed by atoms with Crippen molar-refractivity contribution in [2.24, 2.45) is 5.16 Å². The Hall–Kier alpha value is -3.65. The van der Waals surface area contributed by atoms with Crippen LogP contribution in [-0.2, 0) is 11.4 Å². The van der Waals surface area contributed by atoms with Crippen molar-refractivity contribution in [3.05, 3.63) is 100 Å². The molecule has 3 aromatic heterocycles. The Kier molecular flexibility index (Phi) is 7.28. The van der Waals surface area contributed by atoms with E-state index in [0.717, 1.165) is 61.5 Å². The van der Waals surface area contributed by atoms with Crippen LogP contribution >= 0.6 is 0 Å². The standard InChI is InChI=1S/C29H31F2N5O/c1-4-37-34-29(23-6-8-25(30)26(31)15-23)27-9-5-21(16-32-27)17-35-13-11-22(12-14-35)24-7-10-28-33-19(2)20(3)36(28)18-24/h5-10,15-16,18,22H,4,11-14,17H2,1-3H3. The summed E-state index contributed by atoms with van der Waals surface area (Å²) in [6.07, 6.45) is 6.28. The second-order valence-electron chi connectivity index (χ2n) is 9.56. The number of oxime groups is 1. The normalized spacial score (nSPS) is 15.4. The van der Waals surface area contributed by atoms with Crippen LogP contribution in [0, 0.1) is 25.5 Å². The predicted molar refractivity (Wildman–Crippen MR) is 140 cm³/mol. The first kappa shape index (κ1) is 25.0. The summed E-state index contributed by atoms with van der Waals surface area (Å²) in [5, 5.41) is 4.11. The summed E-state index contributed by atoms with van der Waals surface area (Å²) in [6.45, 7) is 9.17. The summed E-state index contributed by atoms with van der Waals surface area (Å²) in [4.78, 5) is 16.9. The maximum absolute atomic E-state index is 13.8. The Balaban J connectivity index is 1.24. The van der Waals surface area contributed by atoms with Crippen molar-refractivity contribution in [3.8, 4) is 0 Å². The van der Waals surface area contributed by atoms with Crippen LogP contribution in [0.25, 0.3) is 5.65 Å². The average molecular weight is 504 g/mol. The van der Waals surface area contributed by atoms with E-state index in [9.17, 15) is 8.78 Å². The van der Waals surface area contributed by atoms with Gasteiger partial charge in [0.05, 0.1) is 11.4 Å². The van der Waals surface area contributed by atoms with Gasteiger partial charge in [-0.3, -0.25) is 9.88 Å². The minimum atomic E-state index is -0.933. The molecule has 0 N–H and O–H groups in total. The molecule has 4 heterocycles. The van der Waals surface area contributed by atoms with E-state index in [2.05, 4.69) is 56.6 Å². The first-order chi connectivity index (χ1) is 17.9. The zero-order valence-corrected chi connectivity index (χ0v) is 21.4. The van der Waals surface area contributed by atoms with Gasteiger partial charge in [-0.1, -0.05) is 17.3 Å². The molecule has 1 aromatic carbocycles. The van der Waals surface area contributed by atoms with Crippen LogP contribution in [0.4, 0.5) is 8.78 Å². The average Bonchev–Trinajstić information content (AvgIpc) is 3.20. The van der Waals surface area contributed by atoms with Crippen molar-refractivity contribution >= 4 is 11.4 Å². The Bertz CT molecular complexity index is 1420. The van der Waals surface area contributed by atoms with Gasteiger partial charge in [-0.2, -0.15) is 0 Å².